The lowest BCUT2D eigenvalue weighted by molar-refractivity contribution is -0.142. The molecule has 0 aromatic heterocycles. The van der Waals surface area contributed by atoms with Gasteiger partial charge in [0.1, 0.15) is 0 Å². The van der Waals surface area contributed by atoms with Crippen LogP contribution in [0.1, 0.15) is 39.0 Å². The summed E-state index contributed by atoms with van der Waals surface area (Å²) >= 11 is 0. The number of nitrogens with zero attached hydrogens (tertiary/aromatic N) is 2. The third kappa shape index (κ3) is 3.45. The Kier molecular flexibility index (Phi) is 5.14. The van der Waals surface area contributed by atoms with E-state index in [1.807, 2.05) is 6.92 Å². The molecule has 18 heavy (non-hydrogen) atoms. The minimum absolute atomic E-state index is 0.0570. The van der Waals surface area contributed by atoms with Gasteiger partial charge in [0.25, 0.3) is 0 Å². The molecule has 0 unspecified atom stereocenters. The van der Waals surface area contributed by atoms with Crippen molar-refractivity contribution in [2.45, 2.75) is 44.6 Å². The highest BCUT2D eigenvalue weighted by Gasteiger charge is 2.40. The van der Waals surface area contributed by atoms with Gasteiger partial charge < -0.3 is 15.5 Å². The molecule has 1 saturated carbocycles. The van der Waals surface area contributed by atoms with E-state index < -0.39 is 5.54 Å². The van der Waals surface area contributed by atoms with Crippen LogP contribution < -0.4 is 5.73 Å². The van der Waals surface area contributed by atoms with Crippen LogP contribution in [-0.4, -0.2) is 54.3 Å². The van der Waals surface area contributed by atoms with E-state index in [0.29, 0.717) is 6.54 Å². The van der Waals surface area contributed by atoms with Crippen molar-refractivity contribution in [3.8, 4) is 0 Å². The topological polar surface area (TPSA) is 66.6 Å². The molecule has 0 saturated heterocycles. The Labute approximate surface area is 109 Å². The van der Waals surface area contributed by atoms with E-state index in [4.69, 9.17) is 5.73 Å². The second-order valence-electron chi connectivity index (χ2n) is 5.38. The van der Waals surface area contributed by atoms with Gasteiger partial charge in [-0.2, -0.15) is 0 Å². The maximum Gasteiger partial charge on any atom is 0.243 e. The van der Waals surface area contributed by atoms with Crippen molar-refractivity contribution in [3.63, 3.8) is 0 Å². The van der Waals surface area contributed by atoms with Gasteiger partial charge in [-0.25, -0.2) is 0 Å². The number of likely N-dealkylation sites (N-methyl/N-ethyl adjacent to an activating group) is 1. The third-order valence-corrected chi connectivity index (χ3v) is 3.53. The quantitative estimate of drug-likeness (QED) is 0.781. The molecule has 0 atom stereocenters. The van der Waals surface area contributed by atoms with E-state index in [-0.39, 0.29) is 18.4 Å². The summed E-state index contributed by atoms with van der Waals surface area (Å²) in [6, 6.07) is 0. The zero-order chi connectivity index (χ0) is 13.8. The molecule has 5 nitrogen and oxygen atoms in total. The zero-order valence-corrected chi connectivity index (χ0v) is 11.7. The number of hydrogen-bond acceptors (Lipinski definition) is 3. The summed E-state index contributed by atoms with van der Waals surface area (Å²) in [5, 5.41) is 0. The smallest absolute Gasteiger partial charge is 0.243 e. The fourth-order valence-electron chi connectivity index (χ4n) is 2.36. The Morgan fingerprint density at radius 2 is 1.78 bits per heavy atom. The second-order valence-corrected chi connectivity index (χ2v) is 5.38. The normalized spacial score (nSPS) is 17.6. The Balaban J connectivity index is 2.71. The Morgan fingerprint density at radius 3 is 2.22 bits per heavy atom. The number of rotatable bonds is 5. The maximum atomic E-state index is 12.4. The van der Waals surface area contributed by atoms with Crippen LogP contribution in [0, 0.1) is 0 Å². The van der Waals surface area contributed by atoms with Gasteiger partial charge in [0.15, 0.2) is 0 Å². The van der Waals surface area contributed by atoms with Crippen LogP contribution in [0.2, 0.25) is 0 Å². The minimum Gasteiger partial charge on any atom is -0.347 e. The summed E-state index contributed by atoms with van der Waals surface area (Å²) in [5.41, 5.74) is 5.44. The average molecular weight is 255 g/mol. The van der Waals surface area contributed by atoms with Crippen molar-refractivity contribution in [3.05, 3.63) is 0 Å². The van der Waals surface area contributed by atoms with E-state index in [1.54, 1.807) is 19.0 Å². The van der Waals surface area contributed by atoms with Gasteiger partial charge in [-0.05, 0) is 19.3 Å². The largest absolute Gasteiger partial charge is 0.347 e. The van der Waals surface area contributed by atoms with Gasteiger partial charge in [-0.3, -0.25) is 9.59 Å². The summed E-state index contributed by atoms with van der Waals surface area (Å²) in [4.78, 5) is 27.3. The van der Waals surface area contributed by atoms with Crippen LogP contribution in [0.25, 0.3) is 0 Å². The number of carbonyl (C=O) groups excluding carboxylic acids is 2. The third-order valence-electron chi connectivity index (χ3n) is 3.53. The van der Waals surface area contributed by atoms with E-state index >= 15 is 0 Å². The molecule has 0 heterocycles. The van der Waals surface area contributed by atoms with Gasteiger partial charge in [0.05, 0.1) is 12.1 Å². The van der Waals surface area contributed by atoms with Crippen molar-refractivity contribution in [1.82, 2.24) is 9.80 Å². The number of amides is 2. The van der Waals surface area contributed by atoms with Gasteiger partial charge in [0, 0.05) is 20.6 Å². The molecular formula is C13H25N3O2. The number of hydrogen-bond donors (Lipinski definition) is 1. The summed E-state index contributed by atoms with van der Waals surface area (Å²) < 4.78 is 0. The molecule has 104 valence electrons. The Bertz CT molecular complexity index is 309. The zero-order valence-electron chi connectivity index (χ0n) is 11.7. The van der Waals surface area contributed by atoms with Crippen LogP contribution in [0.4, 0.5) is 0 Å². The van der Waals surface area contributed by atoms with Crippen LogP contribution in [0.15, 0.2) is 0 Å². The molecule has 1 fully saturated rings. The molecular weight excluding hydrogens is 230 g/mol. The SMILES string of the molecule is CCCN(CC(=O)N(C)C)C(=O)C1(N)CCCC1. The lowest BCUT2D eigenvalue weighted by atomic mass is 9.97. The van der Waals surface area contributed by atoms with E-state index in [2.05, 4.69) is 0 Å². The lowest BCUT2D eigenvalue weighted by Crippen LogP contribution is -2.55. The van der Waals surface area contributed by atoms with Crippen molar-refractivity contribution < 1.29 is 9.59 Å². The average Bonchev–Trinajstić information content (AvgIpc) is 2.75. The molecule has 0 aromatic rings. The van der Waals surface area contributed by atoms with Gasteiger partial charge in [-0.15, -0.1) is 0 Å². The highest BCUT2D eigenvalue weighted by atomic mass is 16.2. The number of carbonyl (C=O) groups is 2. The molecule has 1 aliphatic carbocycles. The molecule has 0 spiro atoms. The standard InChI is InChI=1S/C13H25N3O2/c1-4-9-16(10-11(17)15(2)3)12(18)13(14)7-5-6-8-13/h4-10,14H2,1-3H3. The fraction of sp³-hybridized carbons (Fsp3) is 0.846. The van der Waals surface area contributed by atoms with Crippen molar-refractivity contribution in [1.29, 1.82) is 0 Å². The second kappa shape index (κ2) is 6.18. The molecule has 2 amide bonds. The van der Waals surface area contributed by atoms with Gasteiger partial charge in [0.2, 0.25) is 11.8 Å². The fourth-order valence-corrected chi connectivity index (χ4v) is 2.36. The predicted molar refractivity (Wildman–Crippen MR) is 71.0 cm³/mol. The molecule has 1 rings (SSSR count). The molecule has 5 heteroatoms. The number of nitrogens with two attached hydrogens (primary N) is 1. The molecule has 2 N–H and O–H groups in total. The van der Waals surface area contributed by atoms with Gasteiger partial charge in [-0.1, -0.05) is 19.8 Å². The minimum atomic E-state index is -0.734. The van der Waals surface area contributed by atoms with E-state index in [9.17, 15) is 9.59 Å². The summed E-state index contributed by atoms with van der Waals surface area (Å²) in [7, 11) is 3.40. The molecule has 0 radical (unpaired) electrons. The first kappa shape index (κ1) is 15.0. The maximum absolute atomic E-state index is 12.4. The molecule has 0 aliphatic heterocycles. The van der Waals surface area contributed by atoms with Crippen LogP contribution >= 0.6 is 0 Å². The van der Waals surface area contributed by atoms with E-state index in [0.717, 1.165) is 32.1 Å². The van der Waals surface area contributed by atoms with Crippen molar-refractivity contribution in [2.75, 3.05) is 27.2 Å². The molecule has 0 bridgehead atoms. The van der Waals surface area contributed by atoms with Crippen molar-refractivity contribution >= 4 is 11.8 Å². The lowest BCUT2D eigenvalue weighted by Gasteiger charge is -2.31. The first-order valence-corrected chi connectivity index (χ1v) is 6.69. The van der Waals surface area contributed by atoms with Crippen LogP contribution in [0.3, 0.4) is 0 Å². The monoisotopic (exact) mass is 255 g/mol. The summed E-state index contributed by atoms with van der Waals surface area (Å²) in [5.74, 6) is -0.115. The highest BCUT2D eigenvalue weighted by molar-refractivity contribution is 5.90. The van der Waals surface area contributed by atoms with Crippen LogP contribution in [-0.2, 0) is 9.59 Å². The van der Waals surface area contributed by atoms with E-state index in [1.165, 1.54) is 4.90 Å². The van der Waals surface area contributed by atoms with Crippen molar-refractivity contribution in [2.24, 2.45) is 5.73 Å². The Morgan fingerprint density at radius 1 is 1.22 bits per heavy atom. The van der Waals surface area contributed by atoms with Crippen LogP contribution in [0.5, 0.6) is 0 Å². The first-order chi connectivity index (χ1) is 8.40. The van der Waals surface area contributed by atoms with Gasteiger partial charge >= 0.3 is 0 Å². The summed E-state index contributed by atoms with van der Waals surface area (Å²) in [6.45, 7) is 2.73. The Hall–Kier alpha value is -1.10. The molecule has 1 aliphatic rings. The predicted octanol–water partition coefficient (Wildman–Crippen LogP) is 0.585. The molecule has 0 aromatic carbocycles. The highest BCUT2D eigenvalue weighted by Crippen LogP contribution is 2.29. The first-order valence-electron chi connectivity index (χ1n) is 6.69. The summed E-state index contributed by atoms with van der Waals surface area (Å²) in [6.07, 6.45) is 4.32.